The fourth-order valence-corrected chi connectivity index (χ4v) is 3.10. The minimum atomic E-state index is -1.27. The number of carbonyl (C=O) groups excluding carboxylic acids is 3. The van der Waals surface area contributed by atoms with E-state index >= 15 is 0 Å². The zero-order valence-electron chi connectivity index (χ0n) is 11.8. The molecule has 1 heterocycles. The van der Waals surface area contributed by atoms with Gasteiger partial charge in [-0.05, 0) is 13.0 Å². The Kier molecular flexibility index (Phi) is 3.33. The number of Topliss-reactive ketones (excluding diaryl/α,β-unsaturated/α-hetero) is 2. The molecule has 2 aliphatic rings. The lowest BCUT2D eigenvalue weighted by atomic mass is 9.78. The van der Waals surface area contributed by atoms with Crippen LogP contribution in [0.4, 0.5) is 0 Å². The number of ketones is 2. The van der Waals surface area contributed by atoms with Crippen LogP contribution in [-0.2, 0) is 9.53 Å². The average molecular weight is 301 g/mol. The Morgan fingerprint density at radius 2 is 2.09 bits per heavy atom. The summed E-state index contributed by atoms with van der Waals surface area (Å²) >= 11 is 0. The number of hydrogen-bond acceptors (Lipinski definition) is 6. The summed E-state index contributed by atoms with van der Waals surface area (Å²) in [6, 6.07) is 4.32. The Bertz CT molecular complexity index is 730. The summed E-state index contributed by atoms with van der Waals surface area (Å²) in [5.74, 6) is -2.32. The van der Waals surface area contributed by atoms with Crippen molar-refractivity contribution in [3.63, 3.8) is 0 Å². The van der Waals surface area contributed by atoms with Gasteiger partial charge in [-0.1, -0.05) is 12.1 Å². The molecule has 0 spiro atoms. The number of carboxylic acids is 1. The van der Waals surface area contributed by atoms with Gasteiger partial charge in [0.15, 0.2) is 11.6 Å². The number of benzene rings is 1. The van der Waals surface area contributed by atoms with Gasteiger partial charge in [-0.25, -0.2) is 0 Å². The first-order valence-corrected chi connectivity index (χ1v) is 6.90. The topological polar surface area (TPSA) is 104 Å². The first kappa shape index (κ1) is 14.5. The predicted molar refractivity (Wildman–Crippen MR) is 72.4 cm³/mol. The third kappa shape index (κ3) is 2.12. The van der Waals surface area contributed by atoms with Gasteiger partial charge in [0.2, 0.25) is 0 Å². The van der Waals surface area contributed by atoms with Gasteiger partial charge in [0.05, 0.1) is 17.8 Å². The lowest BCUT2D eigenvalue weighted by Gasteiger charge is -2.34. The molecule has 0 fully saturated rings. The van der Waals surface area contributed by atoms with Crippen LogP contribution in [0, 0.1) is 0 Å². The Labute approximate surface area is 126 Å². The molecule has 1 aliphatic carbocycles. The Morgan fingerprint density at radius 1 is 1.36 bits per heavy atom. The van der Waals surface area contributed by atoms with E-state index in [0.29, 0.717) is 0 Å². The quantitative estimate of drug-likeness (QED) is 0.847. The van der Waals surface area contributed by atoms with Crippen LogP contribution in [0.5, 0.6) is 5.75 Å². The van der Waals surface area contributed by atoms with Gasteiger partial charge < -0.3 is 19.7 Å². The third-order valence-corrected chi connectivity index (χ3v) is 3.99. The smallest absolute Gasteiger partial charge is 0.196 e. The molecule has 0 radical (unpaired) electrons. The summed E-state index contributed by atoms with van der Waals surface area (Å²) in [5.41, 5.74) is 0.604. The van der Waals surface area contributed by atoms with E-state index in [0.717, 1.165) is 0 Å². The van der Waals surface area contributed by atoms with E-state index in [4.69, 9.17) is 4.74 Å². The molecule has 0 amide bonds. The van der Waals surface area contributed by atoms with Crippen molar-refractivity contribution in [2.45, 2.75) is 32.0 Å². The van der Waals surface area contributed by atoms with Gasteiger partial charge in [-0.15, -0.1) is 0 Å². The summed E-state index contributed by atoms with van der Waals surface area (Å²) in [5, 5.41) is 20.6. The molecular formula is C16H13O6-. The maximum atomic E-state index is 12.6. The standard InChI is InChI=1S/C16H14O6/c1-7-13-10(5-8(22-7)6-12(18)19)15(20)9-3-2-4-11(17)14(9)16(13)21/h2-4,7-8,17H,5-6H2,1H3,(H,18,19)/p-1/t7-,8+/m1/s1. The minimum Gasteiger partial charge on any atom is -0.550 e. The number of carboxylic acid groups (broad SMARTS) is 1. The molecule has 6 nitrogen and oxygen atoms in total. The van der Waals surface area contributed by atoms with E-state index in [9.17, 15) is 24.6 Å². The second-order valence-corrected chi connectivity index (χ2v) is 5.43. The highest BCUT2D eigenvalue weighted by molar-refractivity contribution is 6.28. The summed E-state index contributed by atoms with van der Waals surface area (Å²) in [4.78, 5) is 35.9. The van der Waals surface area contributed by atoms with Crippen LogP contribution in [0.2, 0.25) is 0 Å². The zero-order chi connectivity index (χ0) is 16.0. The number of aromatic hydroxyl groups is 1. The molecule has 1 aliphatic heterocycles. The normalized spacial score (nSPS) is 24.0. The van der Waals surface area contributed by atoms with E-state index in [1.54, 1.807) is 6.92 Å². The van der Waals surface area contributed by atoms with E-state index in [1.165, 1.54) is 18.2 Å². The predicted octanol–water partition coefficient (Wildman–Crippen LogP) is 0.385. The Balaban J connectivity index is 2.08. The van der Waals surface area contributed by atoms with Crippen LogP contribution >= 0.6 is 0 Å². The van der Waals surface area contributed by atoms with Crippen molar-refractivity contribution in [1.29, 1.82) is 0 Å². The fraction of sp³-hybridized carbons (Fsp3) is 0.312. The summed E-state index contributed by atoms with van der Waals surface area (Å²) < 4.78 is 5.51. The molecule has 2 atom stereocenters. The van der Waals surface area contributed by atoms with Gasteiger partial charge in [0.25, 0.3) is 0 Å². The van der Waals surface area contributed by atoms with Crippen molar-refractivity contribution >= 4 is 17.5 Å². The fourth-order valence-electron chi connectivity index (χ4n) is 3.10. The lowest BCUT2D eigenvalue weighted by Crippen LogP contribution is -2.39. The van der Waals surface area contributed by atoms with Crippen LogP contribution in [0.1, 0.15) is 40.5 Å². The minimum absolute atomic E-state index is 0.0138. The van der Waals surface area contributed by atoms with E-state index in [2.05, 4.69) is 0 Å². The molecule has 0 aromatic heterocycles. The van der Waals surface area contributed by atoms with E-state index in [1.807, 2.05) is 0 Å². The number of ether oxygens (including phenoxy) is 1. The maximum absolute atomic E-state index is 12.6. The first-order chi connectivity index (χ1) is 10.4. The van der Waals surface area contributed by atoms with Gasteiger partial charge in [0, 0.05) is 35.5 Å². The van der Waals surface area contributed by atoms with Gasteiger partial charge in [-0.3, -0.25) is 9.59 Å². The number of carbonyl (C=O) groups is 3. The molecule has 0 saturated carbocycles. The molecule has 0 bridgehead atoms. The molecule has 0 saturated heterocycles. The highest BCUT2D eigenvalue weighted by Gasteiger charge is 2.40. The summed E-state index contributed by atoms with van der Waals surface area (Å²) in [6.45, 7) is 1.59. The molecule has 1 aromatic rings. The average Bonchev–Trinajstić information content (AvgIpc) is 2.43. The SMILES string of the molecule is C[C@H]1O[C@H](CC(=O)[O-])CC2=C1C(=O)c1c(O)cccc1C2=O. The lowest BCUT2D eigenvalue weighted by molar-refractivity contribution is -0.308. The van der Waals surface area contributed by atoms with Crippen LogP contribution in [0.3, 0.4) is 0 Å². The van der Waals surface area contributed by atoms with Crippen molar-refractivity contribution in [3.8, 4) is 5.75 Å². The number of aliphatic carboxylic acids is 1. The monoisotopic (exact) mass is 301 g/mol. The number of hydrogen-bond donors (Lipinski definition) is 1. The third-order valence-electron chi connectivity index (χ3n) is 3.99. The molecule has 0 unspecified atom stereocenters. The van der Waals surface area contributed by atoms with Crippen molar-refractivity contribution in [3.05, 3.63) is 40.5 Å². The molecule has 3 rings (SSSR count). The van der Waals surface area contributed by atoms with Crippen molar-refractivity contribution in [2.24, 2.45) is 0 Å². The van der Waals surface area contributed by atoms with Crippen LogP contribution in [0.25, 0.3) is 0 Å². The van der Waals surface area contributed by atoms with Gasteiger partial charge in [-0.2, -0.15) is 0 Å². The number of phenols is 1. The summed E-state index contributed by atoms with van der Waals surface area (Å²) in [6.07, 6.45) is -1.70. The Hall–Kier alpha value is -2.47. The van der Waals surface area contributed by atoms with Crippen molar-refractivity contribution in [2.75, 3.05) is 0 Å². The number of fused-ring (bicyclic) bond motifs is 1. The molecule has 114 valence electrons. The molecular weight excluding hydrogens is 288 g/mol. The molecule has 22 heavy (non-hydrogen) atoms. The molecule has 1 N–H and O–H groups in total. The van der Waals surface area contributed by atoms with Crippen LogP contribution < -0.4 is 5.11 Å². The van der Waals surface area contributed by atoms with Crippen molar-refractivity contribution < 1.29 is 29.3 Å². The number of rotatable bonds is 2. The maximum Gasteiger partial charge on any atom is 0.196 e. The van der Waals surface area contributed by atoms with Gasteiger partial charge in [0.1, 0.15) is 5.75 Å². The summed E-state index contributed by atoms with van der Waals surface area (Å²) in [7, 11) is 0. The second-order valence-electron chi connectivity index (χ2n) is 5.43. The van der Waals surface area contributed by atoms with Crippen LogP contribution in [0.15, 0.2) is 29.3 Å². The number of phenolic OH excluding ortho intramolecular Hbond substituents is 1. The second kappa shape index (κ2) is 5.06. The highest BCUT2D eigenvalue weighted by atomic mass is 16.5. The Morgan fingerprint density at radius 3 is 2.77 bits per heavy atom. The van der Waals surface area contributed by atoms with E-state index < -0.39 is 24.0 Å². The first-order valence-electron chi connectivity index (χ1n) is 6.90. The van der Waals surface area contributed by atoms with Crippen molar-refractivity contribution in [1.82, 2.24) is 0 Å². The molecule has 6 heteroatoms. The largest absolute Gasteiger partial charge is 0.550 e. The van der Waals surface area contributed by atoms with Crippen LogP contribution in [-0.4, -0.2) is 34.9 Å². The van der Waals surface area contributed by atoms with E-state index in [-0.39, 0.29) is 46.6 Å². The molecule has 1 aromatic carbocycles. The van der Waals surface area contributed by atoms with Gasteiger partial charge >= 0.3 is 0 Å². The zero-order valence-corrected chi connectivity index (χ0v) is 11.8. The highest BCUT2D eigenvalue weighted by Crippen LogP contribution is 2.38.